The summed E-state index contributed by atoms with van der Waals surface area (Å²) in [6.45, 7) is 2.76. The maximum Gasteiger partial charge on any atom is 0.238 e. The number of amides is 1. The minimum absolute atomic E-state index is 0.0122. The topological polar surface area (TPSA) is 32.3 Å². The summed E-state index contributed by atoms with van der Waals surface area (Å²) in [7, 11) is 0. The van der Waals surface area contributed by atoms with Gasteiger partial charge in [-0.2, -0.15) is 0 Å². The quantitative estimate of drug-likeness (QED) is 0.678. The SMILES string of the molecule is CC1(C2CC2)NCC(=O)N1C1CC1. The Morgan fingerprint density at radius 2 is 2.08 bits per heavy atom. The van der Waals surface area contributed by atoms with Gasteiger partial charge in [-0.1, -0.05) is 0 Å². The van der Waals surface area contributed by atoms with E-state index in [0.717, 1.165) is 5.92 Å². The number of hydrogen-bond acceptors (Lipinski definition) is 2. The molecule has 1 aliphatic heterocycles. The molecule has 13 heavy (non-hydrogen) atoms. The van der Waals surface area contributed by atoms with E-state index in [-0.39, 0.29) is 5.66 Å². The van der Waals surface area contributed by atoms with Crippen LogP contribution in [0.5, 0.6) is 0 Å². The minimum atomic E-state index is 0.0122. The molecule has 3 nitrogen and oxygen atoms in total. The van der Waals surface area contributed by atoms with Crippen molar-refractivity contribution in [3.05, 3.63) is 0 Å². The van der Waals surface area contributed by atoms with Crippen molar-refractivity contribution in [3.8, 4) is 0 Å². The van der Waals surface area contributed by atoms with Gasteiger partial charge in [0.2, 0.25) is 5.91 Å². The van der Waals surface area contributed by atoms with E-state index in [1.807, 2.05) is 0 Å². The van der Waals surface area contributed by atoms with Crippen molar-refractivity contribution >= 4 is 5.91 Å². The van der Waals surface area contributed by atoms with Gasteiger partial charge in [0.05, 0.1) is 12.2 Å². The molecule has 3 aliphatic rings. The second-order valence-electron chi connectivity index (χ2n) is 4.77. The third-order valence-electron chi connectivity index (χ3n) is 3.65. The lowest BCUT2D eigenvalue weighted by atomic mass is 10.1. The van der Waals surface area contributed by atoms with E-state index in [1.165, 1.54) is 25.7 Å². The molecule has 1 unspecified atom stereocenters. The molecule has 2 aliphatic carbocycles. The predicted molar refractivity (Wildman–Crippen MR) is 49.0 cm³/mol. The van der Waals surface area contributed by atoms with Gasteiger partial charge in [0.1, 0.15) is 0 Å². The number of carbonyl (C=O) groups excluding carboxylic acids is 1. The summed E-state index contributed by atoms with van der Waals surface area (Å²) in [5.74, 6) is 1.04. The van der Waals surface area contributed by atoms with Crippen LogP contribution in [0.1, 0.15) is 32.6 Å². The Morgan fingerprint density at radius 3 is 2.62 bits per heavy atom. The first kappa shape index (κ1) is 7.80. The molecular formula is C10H16N2O. The largest absolute Gasteiger partial charge is 0.320 e. The Balaban J connectivity index is 1.88. The van der Waals surface area contributed by atoms with E-state index >= 15 is 0 Å². The van der Waals surface area contributed by atoms with Crippen molar-refractivity contribution < 1.29 is 4.79 Å². The normalized spacial score (nSPS) is 40.1. The van der Waals surface area contributed by atoms with Crippen LogP contribution in [0.3, 0.4) is 0 Å². The van der Waals surface area contributed by atoms with Crippen LogP contribution in [0.25, 0.3) is 0 Å². The Bertz CT molecular complexity index is 258. The highest BCUT2D eigenvalue weighted by Gasteiger charge is 2.55. The molecule has 2 saturated carbocycles. The summed E-state index contributed by atoms with van der Waals surface area (Å²) in [4.78, 5) is 13.8. The van der Waals surface area contributed by atoms with Gasteiger partial charge < -0.3 is 4.90 Å². The van der Waals surface area contributed by atoms with Gasteiger partial charge in [0, 0.05) is 6.04 Å². The fourth-order valence-corrected chi connectivity index (χ4v) is 2.59. The van der Waals surface area contributed by atoms with Gasteiger partial charge in [-0.05, 0) is 38.5 Å². The lowest BCUT2D eigenvalue weighted by molar-refractivity contribution is -0.131. The summed E-state index contributed by atoms with van der Waals surface area (Å²) in [6.07, 6.45) is 5.02. The molecule has 1 atom stereocenters. The Hall–Kier alpha value is -0.570. The molecule has 1 amide bonds. The molecule has 1 saturated heterocycles. The molecule has 0 aromatic heterocycles. The smallest absolute Gasteiger partial charge is 0.238 e. The van der Waals surface area contributed by atoms with Gasteiger partial charge in [-0.15, -0.1) is 0 Å². The number of nitrogens with zero attached hydrogens (tertiary/aromatic N) is 1. The van der Waals surface area contributed by atoms with Crippen LogP contribution in [0.2, 0.25) is 0 Å². The van der Waals surface area contributed by atoms with Crippen molar-refractivity contribution in [3.63, 3.8) is 0 Å². The average molecular weight is 180 g/mol. The van der Waals surface area contributed by atoms with Crippen molar-refractivity contribution in [1.29, 1.82) is 0 Å². The van der Waals surface area contributed by atoms with Gasteiger partial charge in [0.25, 0.3) is 0 Å². The molecule has 0 aromatic rings. The van der Waals surface area contributed by atoms with Crippen molar-refractivity contribution in [2.24, 2.45) is 5.92 Å². The molecule has 0 bridgehead atoms. The van der Waals surface area contributed by atoms with Gasteiger partial charge in [-0.3, -0.25) is 10.1 Å². The fourth-order valence-electron chi connectivity index (χ4n) is 2.59. The van der Waals surface area contributed by atoms with Crippen LogP contribution in [0.4, 0.5) is 0 Å². The Kier molecular flexibility index (Phi) is 1.36. The third kappa shape index (κ3) is 1.03. The van der Waals surface area contributed by atoms with E-state index in [1.54, 1.807) is 0 Å². The molecule has 72 valence electrons. The molecule has 0 spiro atoms. The van der Waals surface area contributed by atoms with Crippen LogP contribution >= 0.6 is 0 Å². The molecule has 0 aromatic carbocycles. The third-order valence-corrected chi connectivity index (χ3v) is 3.65. The fraction of sp³-hybridized carbons (Fsp3) is 0.900. The van der Waals surface area contributed by atoms with Crippen LogP contribution in [0.15, 0.2) is 0 Å². The van der Waals surface area contributed by atoms with Crippen LogP contribution in [-0.4, -0.2) is 29.1 Å². The van der Waals surface area contributed by atoms with Crippen LogP contribution in [-0.2, 0) is 4.79 Å². The molecule has 3 rings (SSSR count). The molecule has 3 fully saturated rings. The monoisotopic (exact) mass is 180 g/mol. The first-order chi connectivity index (χ1) is 6.22. The second-order valence-corrected chi connectivity index (χ2v) is 4.77. The van der Waals surface area contributed by atoms with Crippen molar-refractivity contribution in [2.75, 3.05) is 6.54 Å². The molecular weight excluding hydrogens is 164 g/mol. The van der Waals surface area contributed by atoms with E-state index in [2.05, 4.69) is 17.1 Å². The van der Waals surface area contributed by atoms with Gasteiger partial charge in [-0.25, -0.2) is 0 Å². The first-order valence-corrected chi connectivity index (χ1v) is 5.29. The second kappa shape index (κ2) is 2.27. The minimum Gasteiger partial charge on any atom is -0.320 e. The predicted octanol–water partition coefficient (Wildman–Crippen LogP) is 0.707. The highest BCUT2D eigenvalue weighted by Crippen LogP contribution is 2.46. The maximum atomic E-state index is 11.7. The molecule has 3 heteroatoms. The molecule has 1 N–H and O–H groups in total. The van der Waals surface area contributed by atoms with Crippen LogP contribution < -0.4 is 5.32 Å². The summed E-state index contributed by atoms with van der Waals surface area (Å²) < 4.78 is 0. The summed E-state index contributed by atoms with van der Waals surface area (Å²) in [5.41, 5.74) is 0.0122. The Labute approximate surface area is 78.5 Å². The molecule has 1 heterocycles. The standard InChI is InChI=1S/C10H16N2O/c1-10(7-2-3-7)11-6-9(13)12(10)8-4-5-8/h7-8,11H,2-6H2,1H3. The number of rotatable bonds is 2. The van der Waals surface area contributed by atoms with E-state index in [4.69, 9.17) is 0 Å². The summed E-state index contributed by atoms with van der Waals surface area (Å²) in [6, 6.07) is 0.563. The zero-order valence-electron chi connectivity index (χ0n) is 8.05. The zero-order valence-corrected chi connectivity index (χ0v) is 8.05. The number of nitrogens with one attached hydrogen (secondary N) is 1. The van der Waals surface area contributed by atoms with Crippen molar-refractivity contribution in [1.82, 2.24) is 10.2 Å². The van der Waals surface area contributed by atoms with Crippen molar-refractivity contribution in [2.45, 2.75) is 44.3 Å². The van der Waals surface area contributed by atoms with Gasteiger partial charge >= 0.3 is 0 Å². The highest BCUT2D eigenvalue weighted by atomic mass is 16.2. The van der Waals surface area contributed by atoms with Gasteiger partial charge in [0.15, 0.2) is 0 Å². The van der Waals surface area contributed by atoms with E-state index in [0.29, 0.717) is 18.5 Å². The highest BCUT2D eigenvalue weighted by molar-refractivity contribution is 5.82. The Morgan fingerprint density at radius 1 is 1.38 bits per heavy atom. The van der Waals surface area contributed by atoms with Crippen LogP contribution in [0, 0.1) is 5.92 Å². The average Bonchev–Trinajstić information content (AvgIpc) is 2.96. The number of hydrogen-bond donors (Lipinski definition) is 1. The lowest BCUT2D eigenvalue weighted by Gasteiger charge is -2.35. The molecule has 0 radical (unpaired) electrons. The number of carbonyl (C=O) groups is 1. The summed E-state index contributed by atoms with van der Waals surface area (Å²) >= 11 is 0. The zero-order chi connectivity index (χ0) is 9.05. The van der Waals surface area contributed by atoms with E-state index in [9.17, 15) is 4.79 Å². The lowest BCUT2D eigenvalue weighted by Crippen LogP contribution is -2.52. The first-order valence-electron chi connectivity index (χ1n) is 5.29. The summed E-state index contributed by atoms with van der Waals surface area (Å²) in [5, 5.41) is 3.39. The maximum absolute atomic E-state index is 11.7. The van der Waals surface area contributed by atoms with E-state index < -0.39 is 0 Å².